The van der Waals surface area contributed by atoms with Gasteiger partial charge in [0.1, 0.15) is 0 Å². The molecule has 41 heavy (non-hydrogen) atoms. The van der Waals surface area contributed by atoms with Crippen molar-refractivity contribution in [3.05, 3.63) is 108 Å². The zero-order valence-corrected chi connectivity index (χ0v) is 25.4. The molecule has 0 saturated carbocycles. The lowest BCUT2D eigenvalue weighted by Gasteiger charge is -2.38. The van der Waals surface area contributed by atoms with E-state index in [-0.39, 0.29) is 0 Å². The zero-order valence-electron chi connectivity index (χ0n) is 22.1. The van der Waals surface area contributed by atoms with Gasteiger partial charge in [0.15, 0.2) is 5.06 Å². The Morgan fingerprint density at radius 3 is 1.54 bits per heavy atom. The molecule has 5 rings (SSSR count). The molecule has 2 aromatic heterocycles. The highest BCUT2D eigenvalue weighted by atomic mass is 32.3. The average molecular weight is 635 g/mol. The maximum atomic E-state index is 13.8. The number of rotatable bonds is 8. The molecule has 0 aliphatic carbocycles. The molecule has 0 fully saturated rings. The van der Waals surface area contributed by atoms with Crippen molar-refractivity contribution in [3.8, 4) is 25.9 Å². The van der Waals surface area contributed by atoms with E-state index in [2.05, 4.69) is 0 Å². The van der Waals surface area contributed by atoms with E-state index in [1.54, 1.807) is 67.8 Å². The van der Waals surface area contributed by atoms with Crippen LogP contribution in [-0.4, -0.2) is 21.0 Å². The highest BCUT2D eigenvalue weighted by Crippen LogP contribution is 2.72. The van der Waals surface area contributed by atoms with Crippen LogP contribution < -0.4 is 4.74 Å². The molecule has 0 aliphatic heterocycles. The summed E-state index contributed by atoms with van der Waals surface area (Å²) in [5.74, 6) is 0. The first kappa shape index (κ1) is 29.4. The van der Waals surface area contributed by atoms with Crippen LogP contribution in [0.4, 0.5) is 13.2 Å². The summed E-state index contributed by atoms with van der Waals surface area (Å²) in [5.41, 5.74) is -2.01. The average Bonchev–Trinajstić information content (AvgIpc) is 3.63. The molecule has 5 aromatic rings. The van der Waals surface area contributed by atoms with Gasteiger partial charge in [0.25, 0.3) is 0 Å². The van der Waals surface area contributed by atoms with Gasteiger partial charge in [-0.05, 0) is 83.8 Å². The number of alkyl halides is 3. The van der Waals surface area contributed by atoms with Gasteiger partial charge in [-0.25, -0.2) is 0 Å². The fraction of sp³-hybridized carbons (Fsp3) is 0.133. The number of aryl methyl sites for hydroxylation is 2. The molecule has 0 radical (unpaired) electrons. The standard InChI is InChI=1S/C30H25F3O4S4/c1-20-4-12-24(13-5-20)40(25-14-6-21(2)7-15-25,37-41(34,35)30(31,32)33)29-19-17-27(39-29)23-10-8-22(9-11-23)26-16-18-28(36-3)38-26/h4-19H,1-3H3. The second-order valence-corrected chi connectivity index (χ2v) is 16.0. The molecular formula is C30H25F3O4S4. The molecule has 0 aliphatic rings. The molecule has 214 valence electrons. The summed E-state index contributed by atoms with van der Waals surface area (Å²) >= 11 is 2.73. The molecule has 0 amide bonds. The molecular weight excluding hydrogens is 610 g/mol. The summed E-state index contributed by atoms with van der Waals surface area (Å²) in [7, 11) is -7.71. The van der Waals surface area contributed by atoms with Crippen molar-refractivity contribution < 1.29 is 30.0 Å². The van der Waals surface area contributed by atoms with E-state index in [0.717, 1.165) is 37.1 Å². The Labute approximate surface area is 246 Å². The van der Waals surface area contributed by atoms with Crippen LogP contribution in [-0.2, 0) is 13.7 Å². The van der Waals surface area contributed by atoms with Crippen molar-refractivity contribution in [1.29, 1.82) is 0 Å². The highest BCUT2D eigenvalue weighted by Gasteiger charge is 2.52. The highest BCUT2D eigenvalue weighted by molar-refractivity contribution is 8.34. The fourth-order valence-corrected chi connectivity index (χ4v) is 11.6. The Bertz CT molecular complexity index is 1710. The molecule has 4 nitrogen and oxygen atoms in total. The number of halogens is 3. The molecule has 0 spiro atoms. The van der Waals surface area contributed by atoms with Crippen LogP contribution >= 0.6 is 33.0 Å². The van der Waals surface area contributed by atoms with Crippen molar-refractivity contribution >= 4 is 43.1 Å². The number of ether oxygens (including phenoxy) is 1. The monoisotopic (exact) mass is 634 g/mol. The predicted octanol–water partition coefficient (Wildman–Crippen LogP) is 9.83. The first-order chi connectivity index (χ1) is 19.4. The quantitative estimate of drug-likeness (QED) is 0.160. The van der Waals surface area contributed by atoms with E-state index < -0.39 is 25.9 Å². The molecule has 3 aromatic carbocycles. The van der Waals surface area contributed by atoms with Gasteiger partial charge in [0, 0.05) is 19.5 Å². The van der Waals surface area contributed by atoms with Crippen LogP contribution in [0.5, 0.6) is 5.06 Å². The minimum absolute atomic E-state index is 0.343. The van der Waals surface area contributed by atoms with E-state index in [0.29, 0.717) is 14.0 Å². The van der Waals surface area contributed by atoms with Crippen LogP contribution in [0.15, 0.2) is 111 Å². The smallest absolute Gasteiger partial charge is 0.487 e. The Balaban J connectivity index is 1.66. The van der Waals surface area contributed by atoms with Crippen molar-refractivity contribution in [3.63, 3.8) is 0 Å². The third-order valence-corrected chi connectivity index (χ3v) is 13.9. The molecule has 0 N–H and O–H groups in total. The fourth-order valence-electron chi connectivity index (χ4n) is 4.13. The largest absolute Gasteiger partial charge is 0.524 e. The van der Waals surface area contributed by atoms with Gasteiger partial charge in [-0.1, -0.05) is 71.0 Å². The van der Waals surface area contributed by atoms with Gasteiger partial charge in [-0.15, -0.1) is 11.3 Å². The van der Waals surface area contributed by atoms with E-state index in [1.807, 2.05) is 50.2 Å². The summed E-state index contributed by atoms with van der Waals surface area (Å²) in [5, 5.41) is 0.798. The van der Waals surface area contributed by atoms with Crippen LogP contribution in [0.2, 0.25) is 0 Å². The first-order valence-electron chi connectivity index (χ1n) is 12.3. The lowest BCUT2D eigenvalue weighted by Crippen LogP contribution is -2.27. The number of methoxy groups -OCH3 is 1. The van der Waals surface area contributed by atoms with Crippen molar-refractivity contribution in [2.24, 2.45) is 0 Å². The topological polar surface area (TPSA) is 52.6 Å². The van der Waals surface area contributed by atoms with E-state index in [1.165, 1.54) is 22.7 Å². The van der Waals surface area contributed by atoms with E-state index in [4.69, 9.17) is 8.37 Å². The second-order valence-electron chi connectivity index (χ2n) is 9.17. The van der Waals surface area contributed by atoms with Crippen LogP contribution in [0.3, 0.4) is 0 Å². The van der Waals surface area contributed by atoms with Gasteiger partial charge in [0.2, 0.25) is 0 Å². The van der Waals surface area contributed by atoms with Gasteiger partial charge >= 0.3 is 15.6 Å². The zero-order chi connectivity index (χ0) is 29.4. The Morgan fingerprint density at radius 1 is 0.634 bits per heavy atom. The number of hydrogen-bond donors (Lipinski definition) is 0. The minimum atomic E-state index is -5.98. The molecule has 0 unspecified atom stereocenters. The number of thiophene rings is 2. The lowest BCUT2D eigenvalue weighted by atomic mass is 10.1. The van der Waals surface area contributed by atoms with Crippen LogP contribution in [0.25, 0.3) is 20.9 Å². The maximum absolute atomic E-state index is 13.8. The molecule has 0 bridgehead atoms. The molecule has 0 saturated heterocycles. The Kier molecular flexibility index (Phi) is 8.10. The van der Waals surface area contributed by atoms with Gasteiger partial charge in [-0.3, -0.25) is 0 Å². The normalized spacial score (nSPS) is 12.8. The van der Waals surface area contributed by atoms with E-state index in [9.17, 15) is 21.6 Å². The minimum Gasteiger partial charge on any atom is -0.487 e. The lowest BCUT2D eigenvalue weighted by molar-refractivity contribution is -0.0496. The second kappa shape index (κ2) is 11.3. The molecule has 0 atom stereocenters. The van der Waals surface area contributed by atoms with Crippen molar-refractivity contribution in [1.82, 2.24) is 0 Å². The Morgan fingerprint density at radius 2 is 1.10 bits per heavy atom. The number of benzene rings is 3. The van der Waals surface area contributed by atoms with Crippen molar-refractivity contribution in [2.45, 2.75) is 33.4 Å². The maximum Gasteiger partial charge on any atom is 0.524 e. The van der Waals surface area contributed by atoms with Gasteiger partial charge < -0.3 is 4.74 Å². The van der Waals surface area contributed by atoms with Gasteiger partial charge in [0.05, 0.1) is 11.3 Å². The van der Waals surface area contributed by atoms with E-state index >= 15 is 0 Å². The molecule has 2 heterocycles. The third-order valence-electron chi connectivity index (χ3n) is 6.28. The SMILES string of the molecule is COc1ccc(-c2ccc(-c3ccc(S(OS(=O)(=O)C(F)(F)F)(c4ccc(C)cc4)c4ccc(C)cc4)s3)cc2)s1. The third kappa shape index (κ3) is 5.82. The summed E-state index contributed by atoms with van der Waals surface area (Å²) in [4.78, 5) is 2.48. The summed E-state index contributed by atoms with van der Waals surface area (Å²) in [6, 6.07) is 28.6. The predicted molar refractivity (Wildman–Crippen MR) is 160 cm³/mol. The summed E-state index contributed by atoms with van der Waals surface area (Å²) < 4.78 is 77.8. The van der Waals surface area contributed by atoms with Crippen LogP contribution in [0.1, 0.15) is 11.1 Å². The van der Waals surface area contributed by atoms with Gasteiger partial charge in [-0.2, -0.15) is 25.2 Å². The van der Waals surface area contributed by atoms with Crippen molar-refractivity contribution in [2.75, 3.05) is 7.11 Å². The molecule has 11 heteroatoms. The Hall–Kier alpha value is -3.09. The summed E-state index contributed by atoms with van der Waals surface area (Å²) in [6.45, 7) is 3.69. The summed E-state index contributed by atoms with van der Waals surface area (Å²) in [6.07, 6.45) is 0. The van der Waals surface area contributed by atoms with Crippen LogP contribution in [0, 0.1) is 13.8 Å². The first-order valence-corrected chi connectivity index (χ1v) is 16.9. The number of hydrogen-bond acceptors (Lipinski definition) is 6.